The van der Waals surface area contributed by atoms with Crippen LogP contribution in [0.3, 0.4) is 0 Å². The van der Waals surface area contributed by atoms with Crippen LogP contribution in [-0.4, -0.2) is 28.2 Å². The summed E-state index contributed by atoms with van der Waals surface area (Å²) in [5, 5.41) is 12.2. The zero-order chi connectivity index (χ0) is 18.9. The van der Waals surface area contributed by atoms with Gasteiger partial charge in [0.2, 0.25) is 0 Å². The van der Waals surface area contributed by atoms with Gasteiger partial charge in [-0.1, -0.05) is 31.2 Å². The molecule has 0 unspecified atom stereocenters. The molecule has 1 N–H and O–H groups in total. The first kappa shape index (κ1) is 17.2. The molecule has 2 aromatic heterocycles. The molecule has 0 aliphatic carbocycles. The van der Waals surface area contributed by atoms with Crippen molar-refractivity contribution in [1.29, 1.82) is 0 Å². The van der Waals surface area contributed by atoms with Crippen LogP contribution in [0.5, 0.6) is 0 Å². The van der Waals surface area contributed by atoms with Gasteiger partial charge in [-0.25, -0.2) is 8.42 Å². The Kier molecular flexibility index (Phi) is 4.33. The van der Waals surface area contributed by atoms with Crippen LogP contribution in [0.4, 0.5) is 5.69 Å². The lowest BCUT2D eigenvalue weighted by atomic mass is 10.1. The van der Waals surface area contributed by atoms with Gasteiger partial charge in [0.1, 0.15) is 6.33 Å². The van der Waals surface area contributed by atoms with Crippen LogP contribution in [0.1, 0.15) is 12.5 Å². The summed E-state index contributed by atoms with van der Waals surface area (Å²) in [6.45, 7) is 2.03. The number of anilines is 1. The highest BCUT2D eigenvalue weighted by molar-refractivity contribution is 7.92. The van der Waals surface area contributed by atoms with Gasteiger partial charge in [0.05, 0.1) is 10.6 Å². The van der Waals surface area contributed by atoms with Crippen molar-refractivity contribution in [2.45, 2.75) is 18.2 Å². The van der Waals surface area contributed by atoms with E-state index < -0.39 is 10.0 Å². The highest BCUT2D eigenvalue weighted by atomic mass is 32.2. The third-order valence-electron chi connectivity index (χ3n) is 4.24. The number of aryl methyl sites for hydroxylation is 1. The summed E-state index contributed by atoms with van der Waals surface area (Å²) >= 11 is 0. The van der Waals surface area contributed by atoms with E-state index >= 15 is 0 Å². The topological polar surface area (TPSA) is 89.2 Å². The van der Waals surface area contributed by atoms with Crippen LogP contribution in [0.25, 0.3) is 16.9 Å². The van der Waals surface area contributed by atoms with Crippen LogP contribution in [-0.2, 0) is 16.4 Å². The smallest absolute Gasteiger partial charge is 0.261 e. The average molecular weight is 379 g/mol. The molecule has 0 amide bonds. The summed E-state index contributed by atoms with van der Waals surface area (Å²) in [6.07, 6.45) is 2.40. The van der Waals surface area contributed by atoms with Crippen molar-refractivity contribution >= 4 is 21.4 Å². The van der Waals surface area contributed by atoms with Crippen molar-refractivity contribution in [3.8, 4) is 11.3 Å². The second-order valence-corrected chi connectivity index (χ2v) is 7.72. The molecule has 2 aromatic carbocycles. The minimum atomic E-state index is -3.62. The molecule has 0 saturated heterocycles. The van der Waals surface area contributed by atoms with E-state index in [2.05, 4.69) is 20.0 Å². The number of hydrogen-bond acceptors (Lipinski definition) is 5. The Morgan fingerprint density at radius 1 is 0.963 bits per heavy atom. The molecule has 27 heavy (non-hydrogen) atoms. The number of fused-ring (bicyclic) bond motifs is 1. The Bertz CT molecular complexity index is 1180. The van der Waals surface area contributed by atoms with Gasteiger partial charge in [-0.2, -0.15) is 9.61 Å². The molecular weight excluding hydrogens is 362 g/mol. The fourth-order valence-corrected chi connectivity index (χ4v) is 3.77. The zero-order valence-electron chi connectivity index (χ0n) is 14.6. The maximum atomic E-state index is 12.5. The number of sulfonamides is 1. The number of nitrogens with one attached hydrogen (secondary N) is 1. The summed E-state index contributed by atoms with van der Waals surface area (Å²) in [7, 11) is -3.62. The Labute approximate surface area is 156 Å². The molecule has 8 heteroatoms. The van der Waals surface area contributed by atoms with Crippen LogP contribution >= 0.6 is 0 Å². The number of aromatic nitrogens is 4. The fourth-order valence-electron chi connectivity index (χ4n) is 2.71. The second-order valence-electron chi connectivity index (χ2n) is 6.03. The van der Waals surface area contributed by atoms with Crippen molar-refractivity contribution in [3.05, 3.63) is 72.6 Å². The maximum Gasteiger partial charge on any atom is 0.261 e. The molecule has 0 fully saturated rings. The highest BCUT2D eigenvalue weighted by Gasteiger charge is 2.14. The normalized spacial score (nSPS) is 11.6. The summed E-state index contributed by atoms with van der Waals surface area (Å²) in [5.41, 5.74) is 3.85. The third kappa shape index (κ3) is 3.52. The number of hydrogen-bond donors (Lipinski definition) is 1. The van der Waals surface area contributed by atoms with Crippen molar-refractivity contribution in [2.75, 3.05) is 4.72 Å². The van der Waals surface area contributed by atoms with E-state index in [4.69, 9.17) is 0 Å². The summed E-state index contributed by atoms with van der Waals surface area (Å²) in [5.74, 6) is 0. The van der Waals surface area contributed by atoms with Crippen molar-refractivity contribution in [1.82, 2.24) is 19.8 Å². The lowest BCUT2D eigenvalue weighted by molar-refractivity contribution is 0.601. The molecule has 4 rings (SSSR count). The van der Waals surface area contributed by atoms with E-state index in [1.807, 2.05) is 43.3 Å². The largest absolute Gasteiger partial charge is 0.280 e. The van der Waals surface area contributed by atoms with E-state index in [0.29, 0.717) is 11.3 Å². The van der Waals surface area contributed by atoms with Gasteiger partial charge in [0.15, 0.2) is 5.65 Å². The second kappa shape index (κ2) is 6.81. The monoisotopic (exact) mass is 379 g/mol. The van der Waals surface area contributed by atoms with E-state index in [1.54, 1.807) is 28.8 Å². The highest BCUT2D eigenvalue weighted by Crippen LogP contribution is 2.22. The summed E-state index contributed by atoms with van der Waals surface area (Å²) in [6, 6.07) is 17.6. The standard InChI is InChI=1S/C19H17N5O2S/c1-2-14-3-9-17(10-4-14)27(25,26)23-16-7-5-15(6-8-16)18-11-12-19-21-20-13-24(19)22-18/h3-13,23H,2H2,1H3. The maximum absolute atomic E-state index is 12.5. The summed E-state index contributed by atoms with van der Waals surface area (Å²) in [4.78, 5) is 0.239. The molecule has 0 atom stereocenters. The molecule has 136 valence electrons. The Hall–Kier alpha value is -3.26. The Morgan fingerprint density at radius 3 is 2.41 bits per heavy atom. The molecular formula is C19H17N5O2S. The van der Waals surface area contributed by atoms with Gasteiger partial charge >= 0.3 is 0 Å². The first-order valence-electron chi connectivity index (χ1n) is 8.44. The van der Waals surface area contributed by atoms with E-state index in [9.17, 15) is 8.42 Å². The predicted molar refractivity (Wildman–Crippen MR) is 103 cm³/mol. The van der Waals surface area contributed by atoms with Gasteiger partial charge in [-0.15, -0.1) is 10.2 Å². The number of rotatable bonds is 5. The van der Waals surface area contributed by atoms with Crippen LogP contribution in [0.2, 0.25) is 0 Å². The first-order valence-corrected chi connectivity index (χ1v) is 9.93. The van der Waals surface area contributed by atoms with Crippen LogP contribution < -0.4 is 4.72 Å². The fraction of sp³-hybridized carbons (Fsp3) is 0.105. The lowest BCUT2D eigenvalue weighted by Gasteiger charge is -2.09. The van der Waals surface area contributed by atoms with Gasteiger partial charge in [-0.3, -0.25) is 4.72 Å². The van der Waals surface area contributed by atoms with Gasteiger partial charge in [0, 0.05) is 11.3 Å². The average Bonchev–Trinajstić information content (AvgIpc) is 3.16. The van der Waals surface area contributed by atoms with Gasteiger partial charge in [0.25, 0.3) is 10.0 Å². The number of nitrogens with zero attached hydrogens (tertiary/aromatic N) is 4. The van der Waals surface area contributed by atoms with E-state index in [0.717, 1.165) is 23.2 Å². The minimum Gasteiger partial charge on any atom is -0.280 e. The van der Waals surface area contributed by atoms with Gasteiger partial charge < -0.3 is 0 Å². The minimum absolute atomic E-state index is 0.239. The molecule has 0 spiro atoms. The predicted octanol–water partition coefficient (Wildman–Crippen LogP) is 3.15. The SMILES string of the molecule is CCc1ccc(S(=O)(=O)Nc2ccc(-c3ccc4nncn4n3)cc2)cc1. The van der Waals surface area contributed by atoms with E-state index in [-0.39, 0.29) is 4.90 Å². The lowest BCUT2D eigenvalue weighted by Crippen LogP contribution is -2.12. The first-order chi connectivity index (χ1) is 13.0. The molecule has 4 aromatic rings. The molecule has 0 radical (unpaired) electrons. The molecule has 2 heterocycles. The van der Waals surface area contributed by atoms with Crippen molar-refractivity contribution in [3.63, 3.8) is 0 Å². The molecule has 0 aliphatic rings. The molecule has 0 bridgehead atoms. The van der Waals surface area contributed by atoms with Crippen molar-refractivity contribution in [2.24, 2.45) is 0 Å². The van der Waals surface area contributed by atoms with Crippen LogP contribution in [0, 0.1) is 0 Å². The van der Waals surface area contributed by atoms with Crippen LogP contribution in [0.15, 0.2) is 71.9 Å². The van der Waals surface area contributed by atoms with Crippen molar-refractivity contribution < 1.29 is 8.42 Å². The van der Waals surface area contributed by atoms with Gasteiger partial charge in [-0.05, 0) is 48.4 Å². The molecule has 0 saturated carbocycles. The third-order valence-corrected chi connectivity index (χ3v) is 5.63. The quantitative estimate of drug-likeness (QED) is 0.575. The summed E-state index contributed by atoms with van der Waals surface area (Å²) < 4.78 is 29.3. The number of benzene rings is 2. The zero-order valence-corrected chi connectivity index (χ0v) is 15.4. The Morgan fingerprint density at radius 2 is 1.70 bits per heavy atom. The van der Waals surface area contributed by atoms with E-state index in [1.165, 1.54) is 6.33 Å². The molecule has 7 nitrogen and oxygen atoms in total. The molecule has 0 aliphatic heterocycles. The Balaban J connectivity index is 1.56.